The molecule has 2 aliphatic carbocycles. The largest absolute Gasteiger partial charge is 0.454 e. The fourth-order valence-electron chi connectivity index (χ4n) is 12.3. The summed E-state index contributed by atoms with van der Waals surface area (Å²) in [6.45, 7) is 0. The Balaban J connectivity index is 1.09. The van der Waals surface area contributed by atoms with E-state index in [2.05, 4.69) is 89.6 Å². The van der Waals surface area contributed by atoms with Crippen LogP contribution in [-0.2, 0) is 0 Å². The number of para-hydroxylation sites is 6. The normalized spacial score (nSPS) is 14.3. The number of benzene rings is 10. The average Bonchev–Trinajstić information content (AvgIpc) is 4.40. The molecule has 0 fully saturated rings. The highest BCUT2D eigenvalue weighted by Crippen LogP contribution is 2.54. The van der Waals surface area contributed by atoms with E-state index in [-0.39, 0.29) is 28.7 Å². The first-order chi connectivity index (χ1) is 39.9. The Morgan fingerprint density at radius 1 is 0.420 bits per heavy atom. The molecule has 10 aromatic carbocycles. The second-order valence-corrected chi connectivity index (χ2v) is 20.7. The van der Waals surface area contributed by atoms with Crippen LogP contribution in [0, 0.1) is 23.3 Å². The van der Waals surface area contributed by atoms with Gasteiger partial charge < -0.3 is 23.2 Å². The van der Waals surface area contributed by atoms with Gasteiger partial charge in [-0.1, -0.05) is 152 Å². The fourth-order valence-corrected chi connectivity index (χ4v) is 12.3. The first-order valence-electron chi connectivity index (χ1n) is 27.2. The van der Waals surface area contributed by atoms with E-state index in [1.807, 2.05) is 60.7 Å². The molecule has 0 aliphatic heterocycles. The van der Waals surface area contributed by atoms with E-state index in [1.54, 1.807) is 82.6 Å². The van der Waals surface area contributed by atoms with E-state index in [0.717, 1.165) is 63.2 Å². The van der Waals surface area contributed by atoms with Gasteiger partial charge >= 0.3 is 0 Å². The Bertz CT molecular complexity index is 4510. The van der Waals surface area contributed by atoms with Crippen molar-refractivity contribution in [2.75, 3.05) is 9.80 Å². The Labute approximate surface area is 463 Å². The van der Waals surface area contributed by atoms with Crippen molar-refractivity contribution in [2.45, 2.75) is 25.2 Å². The molecule has 390 valence electrons. The Hall–Kier alpha value is -10.1. The third-order valence-electron chi connectivity index (χ3n) is 16.0. The average molecular weight is 1060 g/mol. The molecule has 0 amide bonds. The summed E-state index contributed by atoms with van der Waals surface area (Å²) >= 11 is 0. The third kappa shape index (κ3) is 7.90. The van der Waals surface area contributed by atoms with Gasteiger partial charge in [-0.2, -0.15) is 0 Å². The number of allylic oxidation sites excluding steroid dienone is 8. The van der Waals surface area contributed by atoms with Crippen LogP contribution in [0.4, 0.5) is 51.7 Å². The third-order valence-corrected chi connectivity index (χ3v) is 16.0. The van der Waals surface area contributed by atoms with Crippen LogP contribution in [0.25, 0.3) is 88.1 Å². The van der Waals surface area contributed by atoms with Crippen LogP contribution >= 0.6 is 0 Å². The van der Waals surface area contributed by atoms with Crippen molar-refractivity contribution in [1.82, 2.24) is 4.57 Å². The molecule has 1 unspecified atom stereocenters. The predicted molar refractivity (Wildman–Crippen MR) is 322 cm³/mol. The van der Waals surface area contributed by atoms with Crippen molar-refractivity contribution < 1.29 is 26.4 Å². The summed E-state index contributed by atoms with van der Waals surface area (Å²) in [6.07, 6.45) is 18.4. The highest BCUT2D eigenvalue weighted by Gasteiger charge is 2.32. The van der Waals surface area contributed by atoms with E-state index in [0.29, 0.717) is 55.5 Å². The lowest BCUT2D eigenvalue weighted by Crippen LogP contribution is -2.14. The number of furan rings is 2. The van der Waals surface area contributed by atoms with Crippen LogP contribution in [0.3, 0.4) is 0 Å². The van der Waals surface area contributed by atoms with Crippen molar-refractivity contribution in [3.63, 3.8) is 0 Å². The number of hydrogen-bond acceptors (Lipinski definition) is 4. The van der Waals surface area contributed by atoms with Gasteiger partial charge in [0, 0.05) is 43.9 Å². The van der Waals surface area contributed by atoms with E-state index >= 15 is 17.6 Å². The molecule has 0 bridgehead atoms. The number of rotatable bonds is 10. The highest BCUT2D eigenvalue weighted by molar-refractivity contribution is 6.38. The topological polar surface area (TPSA) is 37.7 Å². The molecule has 2 aliphatic rings. The molecule has 0 N–H and O–H groups in total. The van der Waals surface area contributed by atoms with E-state index in [9.17, 15) is 0 Å². The zero-order chi connectivity index (χ0) is 54.3. The van der Waals surface area contributed by atoms with Crippen LogP contribution in [0.2, 0.25) is 0 Å². The molecule has 3 heterocycles. The first kappa shape index (κ1) is 48.0. The van der Waals surface area contributed by atoms with Gasteiger partial charge in [0.15, 0.2) is 11.2 Å². The molecule has 3 aromatic heterocycles. The number of aromatic nitrogens is 1. The number of halogens is 4. The number of anilines is 6. The Kier molecular flexibility index (Phi) is 11.5. The van der Waals surface area contributed by atoms with Crippen LogP contribution in [0.15, 0.2) is 252 Å². The highest BCUT2D eigenvalue weighted by atomic mass is 19.1. The molecule has 5 nitrogen and oxygen atoms in total. The number of hydrogen-bond donors (Lipinski definition) is 0. The maximum atomic E-state index is 16.7. The first-order valence-corrected chi connectivity index (χ1v) is 27.2. The van der Waals surface area contributed by atoms with E-state index in [4.69, 9.17) is 8.83 Å². The summed E-state index contributed by atoms with van der Waals surface area (Å²) in [7, 11) is 0. The second-order valence-electron chi connectivity index (χ2n) is 20.7. The summed E-state index contributed by atoms with van der Waals surface area (Å²) < 4.78 is 82.8. The molecule has 0 radical (unpaired) electrons. The molecule has 1 atom stereocenters. The summed E-state index contributed by atoms with van der Waals surface area (Å²) in [5.74, 6) is -2.07. The van der Waals surface area contributed by atoms with Gasteiger partial charge in [-0.25, -0.2) is 17.6 Å². The predicted octanol–water partition coefficient (Wildman–Crippen LogP) is 21.1. The van der Waals surface area contributed by atoms with Crippen molar-refractivity contribution in [3.05, 3.63) is 277 Å². The second kappa shape index (κ2) is 19.4. The summed E-state index contributed by atoms with van der Waals surface area (Å²) in [5.41, 5.74) is 10.8. The van der Waals surface area contributed by atoms with Gasteiger partial charge in [0.2, 0.25) is 0 Å². The molecule has 13 aromatic rings. The minimum absolute atomic E-state index is 0.104. The van der Waals surface area contributed by atoms with E-state index in [1.165, 1.54) is 35.4 Å². The van der Waals surface area contributed by atoms with Crippen LogP contribution in [-0.4, -0.2) is 4.57 Å². The maximum absolute atomic E-state index is 16.7. The standard InChI is InChI=1S/C72H47F4N3O2/c73-53-25-9-13-29-57(53)78(58-30-14-10-26-54(58)74)63-42-61-69(67-51-23-7-17-33-65(51)80-71(63)67)70-62(77(61)50-37-35-46(36-38-50)49-40-47(44-19-3-1-4-20-44)39-48(41-49)45-21-5-2-6-22-45)43-64(72-68(70)52-24-8-18-34-66(52)81-72)79(59-31-15-11-27-55(59)75)60-32-16-12-28-56(60)76/h1,3-5,7-19,21-44H,2,6,20H2. The van der Waals surface area contributed by atoms with Crippen LogP contribution in [0.1, 0.15) is 36.3 Å². The maximum Gasteiger partial charge on any atom is 0.160 e. The number of nitrogens with zero attached hydrogens (tertiary/aromatic N) is 3. The zero-order valence-corrected chi connectivity index (χ0v) is 43.5. The molecule has 0 saturated carbocycles. The SMILES string of the molecule is Fc1ccccc1N(c1ccccc1F)c1cc2c(c3c1oc1ccccc13)c1c3c(oc4ccccc43)c(N(c3ccccc3F)c3ccccc3F)cc1n2-c1ccc(-c2cc(C3=CCCC=C3)cc(C3C=CC=CC3)c2)cc1. The minimum atomic E-state index is -0.571. The van der Waals surface area contributed by atoms with Gasteiger partial charge in [-0.15, -0.1) is 0 Å². The monoisotopic (exact) mass is 1060 g/mol. The zero-order valence-electron chi connectivity index (χ0n) is 43.5. The lowest BCUT2D eigenvalue weighted by Gasteiger charge is -2.26. The smallest absolute Gasteiger partial charge is 0.160 e. The number of fused-ring (bicyclic) bond motifs is 11. The molecule has 15 rings (SSSR count). The molecular weight excluding hydrogens is 1010 g/mol. The molecule has 9 heteroatoms. The summed E-state index contributed by atoms with van der Waals surface area (Å²) in [5, 5.41) is 4.46. The van der Waals surface area contributed by atoms with Gasteiger partial charge in [0.05, 0.1) is 45.2 Å². The Morgan fingerprint density at radius 2 is 0.901 bits per heavy atom. The quantitative estimate of drug-likeness (QED) is 0.128. The minimum Gasteiger partial charge on any atom is -0.454 e. The van der Waals surface area contributed by atoms with Gasteiger partial charge in [0.25, 0.3) is 0 Å². The molecule has 0 saturated heterocycles. The lowest BCUT2D eigenvalue weighted by atomic mass is 9.86. The van der Waals surface area contributed by atoms with Gasteiger partial charge in [0.1, 0.15) is 34.4 Å². The van der Waals surface area contributed by atoms with Crippen LogP contribution in [0.5, 0.6) is 0 Å². The van der Waals surface area contributed by atoms with Crippen LogP contribution < -0.4 is 9.80 Å². The van der Waals surface area contributed by atoms with Crippen molar-refractivity contribution in [2.24, 2.45) is 0 Å². The van der Waals surface area contributed by atoms with Crippen molar-refractivity contribution in [3.8, 4) is 16.8 Å². The molecular formula is C72H47F4N3O2. The molecule has 81 heavy (non-hydrogen) atoms. The van der Waals surface area contributed by atoms with Gasteiger partial charge in [-0.3, -0.25) is 0 Å². The summed E-state index contributed by atoms with van der Waals surface area (Å²) in [4.78, 5) is 3.18. The van der Waals surface area contributed by atoms with Gasteiger partial charge in [-0.05, 0) is 138 Å². The van der Waals surface area contributed by atoms with E-state index < -0.39 is 23.3 Å². The fraction of sp³-hybridized carbons (Fsp3) is 0.0556. The summed E-state index contributed by atoms with van der Waals surface area (Å²) in [6, 6.07) is 60.0. The lowest BCUT2D eigenvalue weighted by molar-refractivity contribution is 0.618. The van der Waals surface area contributed by atoms with Crippen molar-refractivity contribution >= 4 is 105 Å². The Morgan fingerprint density at radius 3 is 1.37 bits per heavy atom. The molecule has 0 spiro atoms. The van der Waals surface area contributed by atoms with Crippen molar-refractivity contribution in [1.29, 1.82) is 0 Å².